The second kappa shape index (κ2) is 5.41. The van der Waals surface area contributed by atoms with Crippen LogP contribution in [0, 0.1) is 12.7 Å². The largest absolute Gasteiger partial charge is 0.486 e. The molecule has 1 aliphatic rings. The van der Waals surface area contributed by atoms with E-state index >= 15 is 0 Å². The minimum Gasteiger partial charge on any atom is -0.486 e. The van der Waals surface area contributed by atoms with Gasteiger partial charge in [0.05, 0.1) is 0 Å². The number of hydrogen-bond donors (Lipinski definition) is 1. The van der Waals surface area contributed by atoms with Crippen molar-refractivity contribution in [2.75, 3.05) is 18.5 Å². The lowest BCUT2D eigenvalue weighted by atomic mass is 10.1. The Morgan fingerprint density at radius 1 is 1.05 bits per heavy atom. The second-order valence-electron chi connectivity index (χ2n) is 4.80. The van der Waals surface area contributed by atoms with Crippen LogP contribution in [0.2, 0.25) is 0 Å². The lowest BCUT2D eigenvalue weighted by Crippen LogP contribution is -2.15. The monoisotopic (exact) mass is 273 g/mol. The smallest absolute Gasteiger partial charge is 0.163 e. The molecule has 3 nitrogen and oxygen atoms in total. The maximum Gasteiger partial charge on any atom is 0.163 e. The summed E-state index contributed by atoms with van der Waals surface area (Å²) in [5.74, 6) is 1.34. The summed E-state index contributed by atoms with van der Waals surface area (Å²) in [5.41, 5.74) is 2.49. The molecular formula is C16H16FNO2. The first kappa shape index (κ1) is 12.8. The predicted octanol–water partition coefficient (Wildman–Crippen LogP) is 3.52. The Hall–Kier alpha value is -2.23. The van der Waals surface area contributed by atoms with Crippen LogP contribution in [0.25, 0.3) is 0 Å². The van der Waals surface area contributed by atoms with Crippen LogP contribution in [0.3, 0.4) is 0 Å². The van der Waals surface area contributed by atoms with Gasteiger partial charge in [0.15, 0.2) is 11.5 Å². The van der Waals surface area contributed by atoms with Gasteiger partial charge >= 0.3 is 0 Å². The molecular weight excluding hydrogens is 257 g/mol. The first-order valence-corrected chi connectivity index (χ1v) is 6.61. The third kappa shape index (κ3) is 2.69. The van der Waals surface area contributed by atoms with Gasteiger partial charge in [0.25, 0.3) is 0 Å². The van der Waals surface area contributed by atoms with Crippen molar-refractivity contribution in [1.82, 2.24) is 0 Å². The molecule has 0 unspecified atom stereocenters. The van der Waals surface area contributed by atoms with Crippen molar-refractivity contribution in [3.63, 3.8) is 0 Å². The number of fused-ring (bicyclic) bond motifs is 1. The van der Waals surface area contributed by atoms with Crippen LogP contribution in [0.1, 0.15) is 11.1 Å². The Bertz CT molecular complexity index is 628. The molecule has 0 saturated carbocycles. The zero-order chi connectivity index (χ0) is 13.9. The Morgan fingerprint density at radius 3 is 2.65 bits per heavy atom. The Kier molecular flexibility index (Phi) is 3.46. The van der Waals surface area contributed by atoms with E-state index in [-0.39, 0.29) is 5.82 Å². The molecule has 3 rings (SSSR count). The van der Waals surface area contributed by atoms with E-state index in [9.17, 15) is 4.39 Å². The third-order valence-corrected chi connectivity index (χ3v) is 3.28. The zero-order valence-electron chi connectivity index (χ0n) is 11.3. The van der Waals surface area contributed by atoms with E-state index < -0.39 is 0 Å². The first-order valence-electron chi connectivity index (χ1n) is 6.61. The Labute approximate surface area is 117 Å². The standard InChI is InChI=1S/C16H16FNO2/c1-11-2-3-12(8-14(11)17)10-18-13-4-5-15-16(9-13)20-7-6-19-15/h2-5,8-9,18H,6-7,10H2,1H3. The van der Waals surface area contributed by atoms with Crippen LogP contribution < -0.4 is 14.8 Å². The van der Waals surface area contributed by atoms with Gasteiger partial charge in [-0.25, -0.2) is 4.39 Å². The fourth-order valence-electron chi connectivity index (χ4n) is 2.10. The minimum atomic E-state index is -0.175. The molecule has 2 aromatic carbocycles. The normalized spacial score (nSPS) is 13.1. The van der Waals surface area contributed by atoms with Gasteiger partial charge < -0.3 is 14.8 Å². The third-order valence-electron chi connectivity index (χ3n) is 3.28. The molecule has 0 aliphatic carbocycles. The SMILES string of the molecule is Cc1ccc(CNc2ccc3c(c2)OCCO3)cc1F. The van der Waals surface area contributed by atoms with Gasteiger partial charge in [-0.3, -0.25) is 0 Å². The van der Waals surface area contributed by atoms with Crippen molar-refractivity contribution in [3.05, 3.63) is 53.3 Å². The lowest BCUT2D eigenvalue weighted by Gasteiger charge is -2.19. The summed E-state index contributed by atoms with van der Waals surface area (Å²) in [7, 11) is 0. The van der Waals surface area contributed by atoms with Crippen molar-refractivity contribution < 1.29 is 13.9 Å². The van der Waals surface area contributed by atoms with E-state index in [0.29, 0.717) is 25.3 Å². The molecule has 0 radical (unpaired) electrons. The predicted molar refractivity (Wildman–Crippen MR) is 75.9 cm³/mol. The lowest BCUT2D eigenvalue weighted by molar-refractivity contribution is 0.171. The highest BCUT2D eigenvalue weighted by Gasteiger charge is 2.11. The average Bonchev–Trinajstić information content (AvgIpc) is 2.48. The zero-order valence-corrected chi connectivity index (χ0v) is 11.3. The molecule has 0 atom stereocenters. The highest BCUT2D eigenvalue weighted by molar-refractivity contribution is 5.55. The molecule has 4 heteroatoms. The molecule has 2 aromatic rings. The molecule has 1 N–H and O–H groups in total. The van der Waals surface area contributed by atoms with E-state index in [4.69, 9.17) is 9.47 Å². The highest BCUT2D eigenvalue weighted by Crippen LogP contribution is 2.32. The summed E-state index contributed by atoms with van der Waals surface area (Å²) in [6.07, 6.45) is 0. The van der Waals surface area contributed by atoms with Gasteiger partial charge in [-0.2, -0.15) is 0 Å². The van der Waals surface area contributed by atoms with Crippen LogP contribution in [-0.4, -0.2) is 13.2 Å². The molecule has 0 aromatic heterocycles. The summed E-state index contributed by atoms with van der Waals surface area (Å²) in [6, 6.07) is 11.0. The van der Waals surface area contributed by atoms with Crippen molar-refractivity contribution in [3.8, 4) is 11.5 Å². The van der Waals surface area contributed by atoms with Gasteiger partial charge in [-0.1, -0.05) is 12.1 Å². The molecule has 0 fully saturated rings. The number of halogens is 1. The van der Waals surface area contributed by atoms with Crippen molar-refractivity contribution >= 4 is 5.69 Å². The molecule has 1 heterocycles. The first-order chi connectivity index (χ1) is 9.72. The number of ether oxygens (including phenoxy) is 2. The van der Waals surface area contributed by atoms with Crippen molar-refractivity contribution in [2.24, 2.45) is 0 Å². The van der Waals surface area contributed by atoms with E-state index in [2.05, 4.69) is 5.32 Å². The maximum absolute atomic E-state index is 13.5. The van der Waals surface area contributed by atoms with Crippen LogP contribution in [-0.2, 0) is 6.54 Å². The number of rotatable bonds is 3. The highest BCUT2D eigenvalue weighted by atomic mass is 19.1. The van der Waals surface area contributed by atoms with Crippen molar-refractivity contribution in [1.29, 1.82) is 0 Å². The fraction of sp³-hybridized carbons (Fsp3) is 0.250. The topological polar surface area (TPSA) is 30.5 Å². The van der Waals surface area contributed by atoms with Crippen LogP contribution in [0.15, 0.2) is 36.4 Å². The number of anilines is 1. The Balaban J connectivity index is 1.70. The van der Waals surface area contributed by atoms with E-state index in [1.807, 2.05) is 24.3 Å². The molecule has 0 saturated heterocycles. The number of benzene rings is 2. The summed E-state index contributed by atoms with van der Waals surface area (Å²) < 4.78 is 24.5. The summed E-state index contributed by atoms with van der Waals surface area (Å²) in [6.45, 7) is 3.48. The maximum atomic E-state index is 13.5. The molecule has 0 amide bonds. The van der Waals surface area contributed by atoms with Gasteiger partial charge in [0, 0.05) is 18.3 Å². The summed E-state index contributed by atoms with van der Waals surface area (Å²) >= 11 is 0. The van der Waals surface area contributed by atoms with E-state index in [1.165, 1.54) is 0 Å². The Morgan fingerprint density at radius 2 is 1.85 bits per heavy atom. The van der Waals surface area contributed by atoms with E-state index in [1.54, 1.807) is 19.1 Å². The second-order valence-corrected chi connectivity index (χ2v) is 4.80. The minimum absolute atomic E-state index is 0.175. The summed E-state index contributed by atoms with van der Waals surface area (Å²) in [5, 5.41) is 3.26. The molecule has 20 heavy (non-hydrogen) atoms. The van der Waals surface area contributed by atoms with Crippen LogP contribution >= 0.6 is 0 Å². The van der Waals surface area contributed by atoms with Crippen molar-refractivity contribution in [2.45, 2.75) is 13.5 Å². The quantitative estimate of drug-likeness (QED) is 0.928. The molecule has 0 bridgehead atoms. The van der Waals surface area contributed by atoms with Gasteiger partial charge in [0.2, 0.25) is 0 Å². The average molecular weight is 273 g/mol. The van der Waals surface area contributed by atoms with Crippen LogP contribution in [0.5, 0.6) is 11.5 Å². The fourth-order valence-corrected chi connectivity index (χ4v) is 2.10. The molecule has 104 valence electrons. The number of nitrogens with one attached hydrogen (secondary N) is 1. The van der Waals surface area contributed by atoms with Gasteiger partial charge in [0.1, 0.15) is 19.0 Å². The number of hydrogen-bond acceptors (Lipinski definition) is 3. The van der Waals surface area contributed by atoms with E-state index in [0.717, 1.165) is 22.7 Å². The summed E-state index contributed by atoms with van der Waals surface area (Å²) in [4.78, 5) is 0. The number of aryl methyl sites for hydroxylation is 1. The van der Waals surface area contributed by atoms with Gasteiger partial charge in [-0.05, 0) is 36.2 Å². The molecule has 1 aliphatic heterocycles. The molecule has 0 spiro atoms. The van der Waals surface area contributed by atoms with Crippen LogP contribution in [0.4, 0.5) is 10.1 Å². The van der Waals surface area contributed by atoms with Gasteiger partial charge in [-0.15, -0.1) is 0 Å².